The van der Waals surface area contributed by atoms with Crippen LogP contribution in [0.1, 0.15) is 23.6 Å². The highest BCUT2D eigenvalue weighted by atomic mass is 35.5. The minimum Gasteiger partial charge on any atom is -0.493 e. The number of carbonyl (C=O) groups is 1. The highest BCUT2D eigenvalue weighted by Gasteiger charge is 2.29. The van der Waals surface area contributed by atoms with E-state index in [9.17, 15) is 4.79 Å². The second-order valence-electron chi connectivity index (χ2n) is 7.51. The SMILES string of the molecule is COc1cc(C=C2C(=O)N(c3cccc(C)c3)N=C2C)cc(Cl)c1OCc1ccccc1. The minimum atomic E-state index is -0.187. The van der Waals surface area contributed by atoms with E-state index in [2.05, 4.69) is 5.10 Å². The maximum atomic E-state index is 13.1. The standard InChI is InChI=1S/C26H23ClN2O3/c1-17-8-7-11-21(12-17)29-26(30)22(18(2)28-29)13-20-14-23(27)25(24(15-20)31-3)32-16-19-9-5-4-6-10-19/h4-15H,16H2,1-3H3. The summed E-state index contributed by atoms with van der Waals surface area (Å²) >= 11 is 6.52. The molecule has 0 fully saturated rings. The molecule has 0 radical (unpaired) electrons. The van der Waals surface area contributed by atoms with E-state index in [1.165, 1.54) is 5.01 Å². The quantitative estimate of drug-likeness (QED) is 0.433. The first-order chi connectivity index (χ1) is 15.5. The molecule has 1 amide bonds. The highest BCUT2D eigenvalue weighted by Crippen LogP contribution is 2.38. The molecule has 0 aliphatic carbocycles. The topological polar surface area (TPSA) is 51.1 Å². The normalized spacial score (nSPS) is 14.6. The number of halogens is 1. The van der Waals surface area contributed by atoms with Gasteiger partial charge in [-0.25, -0.2) is 0 Å². The third-order valence-electron chi connectivity index (χ3n) is 5.10. The van der Waals surface area contributed by atoms with Gasteiger partial charge in [-0.2, -0.15) is 10.1 Å². The molecular formula is C26H23ClN2O3. The lowest BCUT2D eigenvalue weighted by atomic mass is 10.1. The largest absolute Gasteiger partial charge is 0.493 e. The fourth-order valence-electron chi connectivity index (χ4n) is 3.48. The van der Waals surface area contributed by atoms with Crippen LogP contribution < -0.4 is 14.5 Å². The Morgan fingerprint density at radius 3 is 2.53 bits per heavy atom. The van der Waals surface area contributed by atoms with Crippen LogP contribution >= 0.6 is 11.6 Å². The van der Waals surface area contributed by atoms with E-state index in [1.54, 1.807) is 25.3 Å². The summed E-state index contributed by atoms with van der Waals surface area (Å²) in [5.74, 6) is 0.771. The Balaban J connectivity index is 1.60. The smallest absolute Gasteiger partial charge is 0.280 e. The number of nitrogens with zero attached hydrogens (tertiary/aromatic N) is 2. The van der Waals surface area contributed by atoms with Gasteiger partial charge in [0.15, 0.2) is 11.5 Å². The molecule has 1 heterocycles. The van der Waals surface area contributed by atoms with Crippen LogP contribution in [-0.4, -0.2) is 18.7 Å². The maximum absolute atomic E-state index is 13.1. The van der Waals surface area contributed by atoms with Crippen molar-refractivity contribution in [2.75, 3.05) is 12.1 Å². The lowest BCUT2D eigenvalue weighted by Crippen LogP contribution is -2.21. The molecule has 6 heteroatoms. The van der Waals surface area contributed by atoms with E-state index in [0.29, 0.717) is 34.4 Å². The third kappa shape index (κ3) is 4.53. The van der Waals surface area contributed by atoms with E-state index in [-0.39, 0.29) is 5.91 Å². The molecule has 0 aromatic heterocycles. The monoisotopic (exact) mass is 446 g/mol. The number of carbonyl (C=O) groups excluding carboxylic acids is 1. The third-order valence-corrected chi connectivity index (χ3v) is 5.38. The summed E-state index contributed by atoms with van der Waals surface area (Å²) < 4.78 is 11.4. The van der Waals surface area contributed by atoms with E-state index in [4.69, 9.17) is 21.1 Å². The molecule has 3 aromatic carbocycles. The molecule has 3 aromatic rings. The van der Waals surface area contributed by atoms with Crippen molar-refractivity contribution in [1.29, 1.82) is 0 Å². The summed E-state index contributed by atoms with van der Waals surface area (Å²) in [6.45, 7) is 4.16. The first-order valence-electron chi connectivity index (χ1n) is 10.2. The number of hydrogen-bond donors (Lipinski definition) is 0. The van der Waals surface area contributed by atoms with Crippen molar-refractivity contribution in [2.45, 2.75) is 20.5 Å². The summed E-state index contributed by atoms with van der Waals surface area (Å²) in [6.07, 6.45) is 1.77. The van der Waals surface area contributed by atoms with Crippen LogP contribution in [-0.2, 0) is 11.4 Å². The first-order valence-corrected chi connectivity index (χ1v) is 10.6. The van der Waals surface area contributed by atoms with Gasteiger partial charge in [-0.3, -0.25) is 4.79 Å². The molecule has 5 nitrogen and oxygen atoms in total. The molecule has 0 saturated carbocycles. The Morgan fingerprint density at radius 1 is 1.03 bits per heavy atom. The van der Waals surface area contributed by atoms with Gasteiger partial charge < -0.3 is 9.47 Å². The number of anilines is 1. The Kier molecular flexibility index (Phi) is 6.28. The number of benzene rings is 3. The van der Waals surface area contributed by atoms with Crippen LogP contribution in [0.3, 0.4) is 0 Å². The van der Waals surface area contributed by atoms with Crippen LogP contribution in [0.2, 0.25) is 5.02 Å². The molecule has 4 rings (SSSR count). The molecule has 0 saturated heterocycles. The van der Waals surface area contributed by atoms with E-state index < -0.39 is 0 Å². The number of methoxy groups -OCH3 is 1. The van der Waals surface area contributed by atoms with E-state index in [0.717, 1.165) is 22.4 Å². The molecular weight excluding hydrogens is 424 g/mol. The van der Waals surface area contributed by atoms with Crippen molar-refractivity contribution in [3.8, 4) is 11.5 Å². The number of aryl methyl sites for hydroxylation is 1. The molecule has 0 atom stereocenters. The summed E-state index contributed by atoms with van der Waals surface area (Å²) in [5.41, 5.74) is 4.68. The first kappa shape index (κ1) is 21.7. The van der Waals surface area contributed by atoms with Crippen molar-refractivity contribution in [3.05, 3.63) is 94.0 Å². The summed E-state index contributed by atoms with van der Waals surface area (Å²) in [6, 6.07) is 21.1. The van der Waals surface area contributed by atoms with Crippen LogP contribution in [0.25, 0.3) is 6.08 Å². The molecule has 1 aliphatic heterocycles. The van der Waals surface area contributed by atoms with Gasteiger partial charge in [0.05, 0.1) is 29.1 Å². The predicted molar refractivity (Wildman–Crippen MR) is 129 cm³/mol. The van der Waals surface area contributed by atoms with Crippen molar-refractivity contribution in [2.24, 2.45) is 5.10 Å². The van der Waals surface area contributed by atoms with Crippen molar-refractivity contribution in [1.82, 2.24) is 0 Å². The lowest BCUT2D eigenvalue weighted by Gasteiger charge is -2.14. The van der Waals surface area contributed by atoms with Gasteiger partial charge in [-0.1, -0.05) is 54.1 Å². The maximum Gasteiger partial charge on any atom is 0.280 e. The average Bonchev–Trinajstić information content (AvgIpc) is 3.07. The summed E-state index contributed by atoms with van der Waals surface area (Å²) in [4.78, 5) is 13.1. The number of amides is 1. The average molecular weight is 447 g/mol. The van der Waals surface area contributed by atoms with Crippen LogP contribution in [0, 0.1) is 6.92 Å². The molecule has 0 bridgehead atoms. The number of hydrogen-bond acceptors (Lipinski definition) is 4. The van der Waals surface area contributed by atoms with Crippen LogP contribution in [0.4, 0.5) is 5.69 Å². The van der Waals surface area contributed by atoms with E-state index >= 15 is 0 Å². The van der Waals surface area contributed by atoms with Crippen molar-refractivity contribution < 1.29 is 14.3 Å². The zero-order valence-corrected chi connectivity index (χ0v) is 18.9. The Hall–Kier alpha value is -3.57. The van der Waals surface area contributed by atoms with Gasteiger partial charge in [0.2, 0.25) is 0 Å². The van der Waals surface area contributed by atoms with Gasteiger partial charge in [0, 0.05) is 0 Å². The minimum absolute atomic E-state index is 0.187. The van der Waals surface area contributed by atoms with Crippen LogP contribution in [0.15, 0.2) is 77.4 Å². The number of ether oxygens (including phenoxy) is 2. The zero-order chi connectivity index (χ0) is 22.7. The highest BCUT2D eigenvalue weighted by molar-refractivity contribution is 6.33. The molecule has 0 N–H and O–H groups in total. The summed E-state index contributed by atoms with van der Waals surface area (Å²) in [7, 11) is 1.56. The fourth-order valence-corrected chi connectivity index (χ4v) is 3.75. The van der Waals surface area contributed by atoms with E-state index in [1.807, 2.05) is 68.4 Å². The molecule has 32 heavy (non-hydrogen) atoms. The Morgan fingerprint density at radius 2 is 1.81 bits per heavy atom. The Labute approximate surface area is 192 Å². The number of hydrazone groups is 1. The Bertz CT molecular complexity index is 1220. The van der Waals surface area contributed by atoms with Gasteiger partial charge in [-0.05, 0) is 60.9 Å². The number of rotatable bonds is 6. The van der Waals surface area contributed by atoms with Crippen molar-refractivity contribution in [3.63, 3.8) is 0 Å². The van der Waals surface area contributed by atoms with Gasteiger partial charge in [0.25, 0.3) is 5.91 Å². The second kappa shape index (κ2) is 9.28. The second-order valence-corrected chi connectivity index (χ2v) is 7.91. The van der Waals surface area contributed by atoms with Gasteiger partial charge in [0.1, 0.15) is 6.61 Å². The van der Waals surface area contributed by atoms with Crippen molar-refractivity contribution >= 4 is 35.0 Å². The molecule has 0 spiro atoms. The lowest BCUT2D eigenvalue weighted by molar-refractivity contribution is -0.114. The summed E-state index contributed by atoms with van der Waals surface area (Å²) in [5, 5.41) is 6.27. The fraction of sp³-hybridized carbons (Fsp3) is 0.154. The van der Waals surface area contributed by atoms with Gasteiger partial charge >= 0.3 is 0 Å². The van der Waals surface area contributed by atoms with Crippen LogP contribution in [0.5, 0.6) is 11.5 Å². The zero-order valence-electron chi connectivity index (χ0n) is 18.1. The molecule has 162 valence electrons. The molecule has 1 aliphatic rings. The van der Waals surface area contributed by atoms with Gasteiger partial charge in [-0.15, -0.1) is 0 Å². The molecule has 0 unspecified atom stereocenters. The predicted octanol–water partition coefficient (Wildman–Crippen LogP) is 6.04.